The van der Waals surface area contributed by atoms with Gasteiger partial charge in [0.2, 0.25) is 5.82 Å². The highest BCUT2D eigenvalue weighted by molar-refractivity contribution is 9.10. The summed E-state index contributed by atoms with van der Waals surface area (Å²) in [5, 5.41) is 22.8. The first-order valence-corrected chi connectivity index (χ1v) is 6.87. The molecule has 21 heavy (non-hydrogen) atoms. The van der Waals surface area contributed by atoms with Crippen molar-refractivity contribution < 1.29 is 4.92 Å². The standard InChI is InChI=1S/C14H11BrN4O2/c1-9(11-4-2-10(7-16)3-5-11)18-14-13(19(20)21)6-12(15)8-17-14/h2-6,8-9H,1H3,(H,17,18). The average molecular weight is 347 g/mol. The zero-order valence-corrected chi connectivity index (χ0v) is 12.7. The van der Waals surface area contributed by atoms with Crippen LogP contribution >= 0.6 is 15.9 Å². The Morgan fingerprint density at radius 3 is 2.67 bits per heavy atom. The highest BCUT2D eigenvalue weighted by Crippen LogP contribution is 2.28. The molecular weight excluding hydrogens is 336 g/mol. The number of nitro groups is 1. The molecule has 2 rings (SSSR count). The zero-order chi connectivity index (χ0) is 15.4. The molecule has 0 bridgehead atoms. The smallest absolute Gasteiger partial charge is 0.312 e. The number of hydrogen-bond donors (Lipinski definition) is 1. The molecule has 1 heterocycles. The third-order valence-corrected chi connectivity index (χ3v) is 3.36. The molecule has 0 amide bonds. The first-order valence-electron chi connectivity index (χ1n) is 6.08. The first-order chi connectivity index (χ1) is 10.0. The summed E-state index contributed by atoms with van der Waals surface area (Å²) >= 11 is 3.17. The molecule has 0 aliphatic carbocycles. The maximum Gasteiger partial charge on any atom is 0.312 e. The van der Waals surface area contributed by atoms with Gasteiger partial charge in [0.05, 0.1) is 22.6 Å². The van der Waals surface area contributed by atoms with Crippen LogP contribution in [0.25, 0.3) is 0 Å². The van der Waals surface area contributed by atoms with Gasteiger partial charge in [-0.25, -0.2) is 4.98 Å². The van der Waals surface area contributed by atoms with E-state index in [1.54, 1.807) is 24.3 Å². The van der Waals surface area contributed by atoms with Crippen molar-refractivity contribution >= 4 is 27.4 Å². The molecule has 1 N–H and O–H groups in total. The number of pyridine rings is 1. The number of benzene rings is 1. The quantitative estimate of drug-likeness (QED) is 0.671. The average Bonchev–Trinajstić information content (AvgIpc) is 2.49. The fourth-order valence-corrected chi connectivity index (χ4v) is 2.13. The monoisotopic (exact) mass is 346 g/mol. The summed E-state index contributed by atoms with van der Waals surface area (Å²) in [4.78, 5) is 14.6. The molecule has 0 spiro atoms. The lowest BCUT2D eigenvalue weighted by atomic mass is 10.1. The molecular formula is C14H11BrN4O2. The van der Waals surface area contributed by atoms with Crippen molar-refractivity contribution in [2.24, 2.45) is 0 Å². The van der Waals surface area contributed by atoms with E-state index in [0.717, 1.165) is 5.56 Å². The van der Waals surface area contributed by atoms with Crippen LogP contribution in [-0.4, -0.2) is 9.91 Å². The predicted molar refractivity (Wildman–Crippen MR) is 81.8 cm³/mol. The number of nitriles is 1. The Kier molecular flexibility index (Phi) is 4.50. The summed E-state index contributed by atoms with van der Waals surface area (Å²) < 4.78 is 0.547. The van der Waals surface area contributed by atoms with E-state index in [2.05, 4.69) is 26.2 Å². The summed E-state index contributed by atoms with van der Waals surface area (Å²) in [5.74, 6) is 0.208. The van der Waals surface area contributed by atoms with Gasteiger partial charge in [0.1, 0.15) is 0 Å². The van der Waals surface area contributed by atoms with E-state index in [9.17, 15) is 10.1 Å². The largest absolute Gasteiger partial charge is 0.358 e. The number of halogens is 1. The maximum atomic E-state index is 11.0. The van der Waals surface area contributed by atoms with E-state index in [1.165, 1.54) is 12.3 Å². The summed E-state index contributed by atoms with van der Waals surface area (Å²) in [6, 6.07) is 10.3. The van der Waals surface area contributed by atoms with Gasteiger partial charge in [-0.05, 0) is 40.5 Å². The van der Waals surface area contributed by atoms with Crippen molar-refractivity contribution in [1.29, 1.82) is 5.26 Å². The molecule has 0 saturated carbocycles. The summed E-state index contributed by atoms with van der Waals surface area (Å²) in [6.45, 7) is 1.87. The third-order valence-electron chi connectivity index (χ3n) is 2.92. The second-order valence-electron chi connectivity index (χ2n) is 4.38. The molecule has 106 valence electrons. The lowest BCUT2D eigenvalue weighted by Gasteiger charge is -2.15. The van der Waals surface area contributed by atoms with E-state index in [1.807, 2.05) is 13.0 Å². The van der Waals surface area contributed by atoms with Crippen LogP contribution in [0.1, 0.15) is 24.1 Å². The van der Waals surface area contributed by atoms with Crippen LogP contribution in [0.15, 0.2) is 41.0 Å². The van der Waals surface area contributed by atoms with E-state index >= 15 is 0 Å². The molecule has 1 atom stereocenters. The number of nitrogens with one attached hydrogen (secondary N) is 1. The van der Waals surface area contributed by atoms with Crippen molar-refractivity contribution in [3.05, 3.63) is 62.2 Å². The molecule has 0 saturated heterocycles. The highest BCUT2D eigenvalue weighted by Gasteiger charge is 2.18. The van der Waals surface area contributed by atoms with Gasteiger partial charge in [-0.1, -0.05) is 12.1 Å². The van der Waals surface area contributed by atoms with Crippen molar-refractivity contribution in [3.63, 3.8) is 0 Å². The third kappa shape index (κ3) is 3.55. The molecule has 1 aromatic carbocycles. The van der Waals surface area contributed by atoms with Gasteiger partial charge in [0.15, 0.2) is 0 Å². The van der Waals surface area contributed by atoms with E-state index in [0.29, 0.717) is 10.0 Å². The Labute approximate surface area is 129 Å². The van der Waals surface area contributed by atoms with Crippen LogP contribution < -0.4 is 5.32 Å². The molecule has 0 fully saturated rings. The van der Waals surface area contributed by atoms with E-state index < -0.39 is 4.92 Å². The molecule has 0 aliphatic rings. The number of anilines is 1. The lowest BCUT2D eigenvalue weighted by Crippen LogP contribution is -2.09. The fourth-order valence-electron chi connectivity index (χ4n) is 1.81. The van der Waals surface area contributed by atoms with Crippen LogP contribution in [0.3, 0.4) is 0 Å². The Hall–Kier alpha value is -2.46. The minimum Gasteiger partial charge on any atom is -0.358 e. The second kappa shape index (κ2) is 6.33. The molecule has 2 aromatic rings. The number of nitrogens with zero attached hydrogens (tertiary/aromatic N) is 3. The predicted octanol–water partition coefficient (Wildman–Crippen LogP) is 3.80. The van der Waals surface area contributed by atoms with Crippen molar-refractivity contribution in [3.8, 4) is 6.07 Å². The van der Waals surface area contributed by atoms with Crippen molar-refractivity contribution in [2.75, 3.05) is 5.32 Å². The topological polar surface area (TPSA) is 91.8 Å². The molecule has 7 heteroatoms. The van der Waals surface area contributed by atoms with Crippen molar-refractivity contribution in [2.45, 2.75) is 13.0 Å². The van der Waals surface area contributed by atoms with Gasteiger partial charge in [0, 0.05) is 16.7 Å². The summed E-state index contributed by atoms with van der Waals surface area (Å²) in [6.07, 6.45) is 1.50. The minimum atomic E-state index is -0.481. The Morgan fingerprint density at radius 2 is 2.10 bits per heavy atom. The SMILES string of the molecule is CC(Nc1ncc(Br)cc1[N+](=O)[O-])c1ccc(C#N)cc1. The number of aromatic nitrogens is 1. The van der Waals surface area contributed by atoms with Crippen LogP contribution in [-0.2, 0) is 0 Å². The van der Waals surface area contributed by atoms with Gasteiger partial charge in [0.25, 0.3) is 0 Å². The first kappa shape index (κ1) is 14.9. The molecule has 1 aromatic heterocycles. The Morgan fingerprint density at radius 1 is 1.43 bits per heavy atom. The van der Waals surface area contributed by atoms with Gasteiger partial charge in [-0.15, -0.1) is 0 Å². The number of hydrogen-bond acceptors (Lipinski definition) is 5. The van der Waals surface area contributed by atoms with Gasteiger partial charge < -0.3 is 5.32 Å². The van der Waals surface area contributed by atoms with E-state index in [-0.39, 0.29) is 17.5 Å². The molecule has 0 radical (unpaired) electrons. The highest BCUT2D eigenvalue weighted by atomic mass is 79.9. The fraction of sp³-hybridized carbons (Fsp3) is 0.143. The lowest BCUT2D eigenvalue weighted by molar-refractivity contribution is -0.384. The van der Waals surface area contributed by atoms with Gasteiger partial charge in [-0.3, -0.25) is 10.1 Å². The Balaban J connectivity index is 2.24. The van der Waals surface area contributed by atoms with Gasteiger partial charge in [-0.2, -0.15) is 5.26 Å². The summed E-state index contributed by atoms with van der Waals surface area (Å²) in [5.41, 5.74) is 1.39. The van der Waals surface area contributed by atoms with Crippen LogP contribution in [0.5, 0.6) is 0 Å². The normalized spacial score (nSPS) is 11.5. The number of rotatable bonds is 4. The van der Waals surface area contributed by atoms with Crippen molar-refractivity contribution in [1.82, 2.24) is 4.98 Å². The maximum absolute atomic E-state index is 11.0. The molecule has 6 nitrogen and oxygen atoms in total. The molecule has 1 unspecified atom stereocenters. The summed E-state index contributed by atoms with van der Waals surface area (Å²) in [7, 11) is 0. The van der Waals surface area contributed by atoms with Crippen LogP contribution in [0.2, 0.25) is 0 Å². The Bertz CT molecular complexity index is 710. The van der Waals surface area contributed by atoms with Crippen LogP contribution in [0, 0.1) is 21.4 Å². The van der Waals surface area contributed by atoms with Gasteiger partial charge >= 0.3 is 5.69 Å². The second-order valence-corrected chi connectivity index (χ2v) is 5.29. The zero-order valence-electron chi connectivity index (χ0n) is 11.1. The van der Waals surface area contributed by atoms with Crippen LogP contribution in [0.4, 0.5) is 11.5 Å². The minimum absolute atomic E-state index is 0.0927. The van der Waals surface area contributed by atoms with E-state index in [4.69, 9.17) is 5.26 Å². The molecule has 0 aliphatic heterocycles.